The molecule has 2 unspecified atom stereocenters. The molecule has 280 valence electrons. The average Bonchev–Trinajstić information content (AvgIpc) is 3.09. The first-order valence-corrected chi connectivity index (χ1v) is 20.9. The van der Waals surface area contributed by atoms with Crippen LogP contribution in [0.1, 0.15) is 206 Å². The monoisotopic (exact) mass is 672 g/mol. The van der Waals surface area contributed by atoms with Crippen molar-refractivity contribution in [3.63, 3.8) is 0 Å². The van der Waals surface area contributed by atoms with Gasteiger partial charge in [0.15, 0.2) is 0 Å². The fourth-order valence-electron chi connectivity index (χ4n) is 6.03. The number of carbonyl (C=O) groups excluding carboxylic acids is 1. The Morgan fingerprint density at radius 1 is 0.479 bits per heavy atom. The van der Waals surface area contributed by atoms with Crippen LogP contribution < -0.4 is 5.32 Å². The number of carbonyl (C=O) groups is 1. The molecule has 0 bridgehead atoms. The molecular weight excluding hydrogens is 590 g/mol. The van der Waals surface area contributed by atoms with Crippen molar-refractivity contribution < 1.29 is 15.0 Å². The van der Waals surface area contributed by atoms with E-state index in [-0.39, 0.29) is 12.5 Å². The molecule has 1 amide bonds. The van der Waals surface area contributed by atoms with Gasteiger partial charge in [-0.25, -0.2) is 0 Å². The van der Waals surface area contributed by atoms with E-state index in [1.165, 1.54) is 148 Å². The Bertz CT molecular complexity index is 771. The average molecular weight is 672 g/mol. The topological polar surface area (TPSA) is 69.6 Å². The maximum atomic E-state index is 12.4. The van der Waals surface area contributed by atoms with Crippen molar-refractivity contribution in [3.05, 3.63) is 48.6 Å². The first kappa shape index (κ1) is 46.4. The third-order valence-electron chi connectivity index (χ3n) is 9.26. The van der Waals surface area contributed by atoms with Gasteiger partial charge in [0.05, 0.1) is 18.8 Å². The molecule has 0 fully saturated rings. The van der Waals surface area contributed by atoms with Crippen LogP contribution in [0.15, 0.2) is 48.6 Å². The predicted molar refractivity (Wildman–Crippen MR) is 211 cm³/mol. The number of hydrogen-bond donors (Lipinski definition) is 3. The van der Waals surface area contributed by atoms with Gasteiger partial charge in [-0.15, -0.1) is 0 Å². The third kappa shape index (κ3) is 35.7. The molecule has 0 radical (unpaired) electrons. The van der Waals surface area contributed by atoms with Crippen molar-refractivity contribution in [3.8, 4) is 0 Å². The summed E-state index contributed by atoms with van der Waals surface area (Å²) in [6.45, 7) is 4.27. The highest BCUT2D eigenvalue weighted by Gasteiger charge is 2.17. The molecule has 0 aromatic heterocycles. The van der Waals surface area contributed by atoms with Crippen LogP contribution in [-0.4, -0.2) is 34.9 Å². The number of hydrogen-bond acceptors (Lipinski definition) is 3. The van der Waals surface area contributed by atoms with E-state index in [2.05, 4.69) is 55.6 Å². The van der Waals surface area contributed by atoms with E-state index < -0.39 is 12.1 Å². The summed E-state index contributed by atoms with van der Waals surface area (Å²) in [5.41, 5.74) is 0. The Kier molecular flexibility index (Phi) is 38.4. The van der Waals surface area contributed by atoms with Crippen LogP contribution in [0.2, 0.25) is 0 Å². The maximum Gasteiger partial charge on any atom is 0.220 e. The molecule has 4 heteroatoms. The van der Waals surface area contributed by atoms with Crippen LogP contribution in [0.25, 0.3) is 0 Å². The molecule has 0 aliphatic heterocycles. The number of unbranched alkanes of at least 4 members (excludes halogenated alkanes) is 24. The van der Waals surface area contributed by atoms with Crippen molar-refractivity contribution in [1.29, 1.82) is 0 Å². The van der Waals surface area contributed by atoms with Crippen LogP contribution in [0.3, 0.4) is 0 Å². The minimum Gasteiger partial charge on any atom is -0.394 e. The quantitative estimate of drug-likeness (QED) is 0.0455. The summed E-state index contributed by atoms with van der Waals surface area (Å²) in [4.78, 5) is 12.4. The summed E-state index contributed by atoms with van der Waals surface area (Å²) in [6, 6.07) is -0.647. The highest BCUT2D eigenvalue weighted by atomic mass is 16.3. The largest absolute Gasteiger partial charge is 0.394 e. The zero-order chi connectivity index (χ0) is 35.0. The summed E-state index contributed by atoms with van der Waals surface area (Å²) >= 11 is 0. The second-order valence-corrected chi connectivity index (χ2v) is 14.0. The summed E-state index contributed by atoms with van der Waals surface area (Å²) < 4.78 is 0. The molecule has 0 aromatic rings. The van der Waals surface area contributed by atoms with Crippen molar-refractivity contribution >= 4 is 5.91 Å². The van der Waals surface area contributed by atoms with E-state index in [0.29, 0.717) is 6.42 Å². The minimum absolute atomic E-state index is 0.0837. The van der Waals surface area contributed by atoms with Crippen molar-refractivity contribution in [2.75, 3.05) is 6.61 Å². The first-order chi connectivity index (χ1) is 23.7. The zero-order valence-corrected chi connectivity index (χ0v) is 32.0. The van der Waals surface area contributed by atoms with Gasteiger partial charge in [0.25, 0.3) is 0 Å². The molecule has 3 N–H and O–H groups in total. The van der Waals surface area contributed by atoms with Gasteiger partial charge in [0.1, 0.15) is 0 Å². The van der Waals surface area contributed by atoms with E-state index in [9.17, 15) is 15.0 Å². The van der Waals surface area contributed by atoms with Crippen molar-refractivity contribution in [2.45, 2.75) is 219 Å². The first-order valence-electron chi connectivity index (χ1n) is 20.9. The molecule has 0 saturated heterocycles. The van der Waals surface area contributed by atoms with Crippen LogP contribution in [-0.2, 0) is 4.79 Å². The molecule has 2 atom stereocenters. The zero-order valence-electron chi connectivity index (χ0n) is 32.0. The van der Waals surface area contributed by atoms with Gasteiger partial charge >= 0.3 is 0 Å². The molecule has 0 aliphatic rings. The van der Waals surface area contributed by atoms with Gasteiger partial charge in [-0.2, -0.15) is 0 Å². The van der Waals surface area contributed by atoms with E-state index in [1.807, 2.05) is 6.08 Å². The number of aliphatic hydroxyl groups excluding tert-OH is 2. The van der Waals surface area contributed by atoms with Gasteiger partial charge in [-0.05, 0) is 70.6 Å². The lowest BCUT2D eigenvalue weighted by atomic mass is 10.1. The SMILES string of the molecule is CCCCCCC/C=C/CC/C=C/CC/C=C/C(O)C(CO)NC(=O)CCCCCCCCC/C=C\CCCCCCCCCCCC. The third-order valence-corrected chi connectivity index (χ3v) is 9.26. The van der Waals surface area contributed by atoms with Crippen LogP contribution in [0.4, 0.5) is 0 Å². The van der Waals surface area contributed by atoms with Crippen LogP contribution in [0.5, 0.6) is 0 Å². The normalized spacial score (nSPS) is 13.5. The van der Waals surface area contributed by atoms with E-state index >= 15 is 0 Å². The van der Waals surface area contributed by atoms with Gasteiger partial charge in [-0.1, -0.05) is 178 Å². The molecule has 0 aliphatic carbocycles. The second-order valence-electron chi connectivity index (χ2n) is 14.0. The van der Waals surface area contributed by atoms with Gasteiger partial charge < -0.3 is 15.5 Å². The molecule has 0 heterocycles. The Morgan fingerprint density at radius 3 is 1.21 bits per heavy atom. The smallest absolute Gasteiger partial charge is 0.220 e. The number of amides is 1. The highest BCUT2D eigenvalue weighted by molar-refractivity contribution is 5.76. The fourth-order valence-corrected chi connectivity index (χ4v) is 6.03. The molecule has 0 spiro atoms. The molecule has 0 saturated carbocycles. The van der Waals surface area contributed by atoms with Gasteiger partial charge in [-0.3, -0.25) is 4.79 Å². The van der Waals surface area contributed by atoms with E-state index in [0.717, 1.165) is 38.5 Å². The van der Waals surface area contributed by atoms with E-state index in [4.69, 9.17) is 0 Å². The molecule has 0 aromatic carbocycles. The Balaban J connectivity index is 3.64. The standard InChI is InChI=1S/C44H81NO3/c1-3-5-7-9-11-13-15-17-19-20-21-22-23-24-26-28-30-32-34-36-38-40-44(48)45-42(41-46)43(47)39-37-35-33-31-29-27-25-18-16-14-12-10-8-6-4-2/h16,18,22-23,29,31,37,39,42-43,46-47H,3-15,17,19-21,24-28,30,32-36,38,40-41H2,1-2H3,(H,45,48)/b18-16+,23-22-,31-29+,39-37+. The highest BCUT2D eigenvalue weighted by Crippen LogP contribution is 2.13. The summed E-state index contributed by atoms with van der Waals surface area (Å²) in [5.74, 6) is -0.0837. The molecule has 48 heavy (non-hydrogen) atoms. The van der Waals surface area contributed by atoms with Crippen LogP contribution in [0, 0.1) is 0 Å². The molecule has 4 nitrogen and oxygen atoms in total. The van der Waals surface area contributed by atoms with E-state index in [1.54, 1.807) is 6.08 Å². The number of aliphatic hydroxyl groups is 2. The fraction of sp³-hybridized carbons (Fsp3) is 0.795. The summed E-state index contributed by atoms with van der Waals surface area (Å²) in [5, 5.41) is 22.9. The maximum absolute atomic E-state index is 12.4. The lowest BCUT2D eigenvalue weighted by molar-refractivity contribution is -0.123. The Labute approximate surface area is 299 Å². The summed E-state index contributed by atoms with van der Waals surface area (Å²) in [7, 11) is 0. The Morgan fingerprint density at radius 2 is 0.812 bits per heavy atom. The number of nitrogens with one attached hydrogen (secondary N) is 1. The Hall–Kier alpha value is -1.65. The number of rotatable bonds is 37. The lowest BCUT2D eigenvalue weighted by Gasteiger charge is -2.19. The predicted octanol–water partition coefficient (Wildman–Crippen LogP) is 12.8. The number of allylic oxidation sites excluding steroid dienone is 7. The van der Waals surface area contributed by atoms with Gasteiger partial charge in [0.2, 0.25) is 5.91 Å². The minimum atomic E-state index is -0.871. The van der Waals surface area contributed by atoms with Gasteiger partial charge in [0, 0.05) is 6.42 Å². The molecule has 0 rings (SSSR count). The molecular formula is C44H81NO3. The second kappa shape index (κ2) is 39.8. The summed E-state index contributed by atoms with van der Waals surface area (Å²) in [6.07, 6.45) is 53.5. The van der Waals surface area contributed by atoms with Crippen molar-refractivity contribution in [2.24, 2.45) is 0 Å². The van der Waals surface area contributed by atoms with Crippen LogP contribution >= 0.6 is 0 Å². The van der Waals surface area contributed by atoms with Crippen molar-refractivity contribution in [1.82, 2.24) is 5.32 Å². The lowest BCUT2D eigenvalue weighted by Crippen LogP contribution is -2.45.